The fourth-order valence-corrected chi connectivity index (χ4v) is 2.22. The van der Waals surface area contributed by atoms with Crippen molar-refractivity contribution in [1.29, 1.82) is 0 Å². The van der Waals surface area contributed by atoms with Crippen LogP contribution < -0.4 is 10.6 Å². The largest absolute Gasteiger partial charge is 0.481 e. The number of carbonyl (C=O) groups is 2. The summed E-state index contributed by atoms with van der Waals surface area (Å²) in [5.41, 5.74) is 0. The maximum Gasteiger partial charge on any atom is 0.315 e. The Balaban J connectivity index is 2.36. The van der Waals surface area contributed by atoms with E-state index in [1.54, 1.807) is 11.3 Å². The van der Waals surface area contributed by atoms with Crippen molar-refractivity contribution in [3.8, 4) is 0 Å². The molecule has 2 amide bonds. The Morgan fingerprint density at radius 1 is 1.53 bits per heavy atom. The van der Waals surface area contributed by atoms with Crippen LogP contribution in [0.3, 0.4) is 0 Å². The van der Waals surface area contributed by atoms with Crippen LogP contribution in [0.4, 0.5) is 4.79 Å². The molecular formula is C11H16N2O3S. The van der Waals surface area contributed by atoms with Gasteiger partial charge in [-0.25, -0.2) is 4.79 Å². The number of carbonyl (C=O) groups excluding carboxylic acids is 1. The first kappa shape index (κ1) is 13.5. The SMILES string of the molecule is CCC(NC(=O)NCCC(=O)O)c1cccs1. The topological polar surface area (TPSA) is 78.4 Å². The maximum atomic E-state index is 11.5. The monoisotopic (exact) mass is 256 g/mol. The minimum Gasteiger partial charge on any atom is -0.481 e. The number of hydrogen-bond donors (Lipinski definition) is 3. The summed E-state index contributed by atoms with van der Waals surface area (Å²) in [5, 5.41) is 15.7. The molecule has 94 valence electrons. The van der Waals surface area contributed by atoms with Gasteiger partial charge in [-0.3, -0.25) is 4.79 Å². The average molecular weight is 256 g/mol. The van der Waals surface area contributed by atoms with Crippen molar-refractivity contribution in [2.24, 2.45) is 0 Å². The predicted octanol–water partition coefficient (Wildman–Crippen LogP) is 1.97. The zero-order chi connectivity index (χ0) is 12.7. The van der Waals surface area contributed by atoms with E-state index in [0.717, 1.165) is 11.3 Å². The van der Waals surface area contributed by atoms with Crippen LogP contribution in [0.15, 0.2) is 17.5 Å². The van der Waals surface area contributed by atoms with E-state index in [1.807, 2.05) is 24.4 Å². The highest BCUT2D eigenvalue weighted by Crippen LogP contribution is 2.21. The molecule has 0 spiro atoms. The van der Waals surface area contributed by atoms with Gasteiger partial charge in [0.1, 0.15) is 0 Å². The first-order valence-corrected chi connectivity index (χ1v) is 6.31. The van der Waals surface area contributed by atoms with Crippen molar-refractivity contribution in [1.82, 2.24) is 10.6 Å². The van der Waals surface area contributed by atoms with Crippen LogP contribution in [0.2, 0.25) is 0 Å². The lowest BCUT2D eigenvalue weighted by Crippen LogP contribution is -2.38. The number of hydrogen-bond acceptors (Lipinski definition) is 3. The molecule has 6 heteroatoms. The van der Waals surface area contributed by atoms with E-state index in [2.05, 4.69) is 10.6 Å². The summed E-state index contributed by atoms with van der Waals surface area (Å²) in [5.74, 6) is -0.921. The second-order valence-electron chi connectivity index (χ2n) is 3.52. The molecule has 17 heavy (non-hydrogen) atoms. The number of aliphatic carboxylic acids is 1. The standard InChI is InChI=1S/C11H16N2O3S/c1-2-8(9-4-3-7-17-9)13-11(16)12-6-5-10(14)15/h3-4,7-8H,2,5-6H2,1H3,(H,14,15)(H2,12,13,16). The van der Waals surface area contributed by atoms with Crippen LogP contribution in [-0.2, 0) is 4.79 Å². The molecule has 0 aromatic carbocycles. The zero-order valence-corrected chi connectivity index (χ0v) is 10.4. The van der Waals surface area contributed by atoms with E-state index >= 15 is 0 Å². The highest BCUT2D eigenvalue weighted by molar-refractivity contribution is 7.10. The number of carboxylic acids is 1. The number of urea groups is 1. The van der Waals surface area contributed by atoms with E-state index in [-0.39, 0.29) is 25.0 Å². The molecule has 1 heterocycles. The molecule has 3 N–H and O–H groups in total. The van der Waals surface area contributed by atoms with Gasteiger partial charge in [0.2, 0.25) is 0 Å². The number of nitrogens with one attached hydrogen (secondary N) is 2. The van der Waals surface area contributed by atoms with Gasteiger partial charge in [-0.2, -0.15) is 0 Å². The summed E-state index contributed by atoms with van der Waals surface area (Å²) in [6.07, 6.45) is 0.732. The lowest BCUT2D eigenvalue weighted by atomic mass is 10.2. The van der Waals surface area contributed by atoms with Gasteiger partial charge in [0, 0.05) is 11.4 Å². The molecule has 1 rings (SSSR count). The number of amides is 2. The molecule has 0 bridgehead atoms. The summed E-state index contributed by atoms with van der Waals surface area (Å²) >= 11 is 1.59. The Morgan fingerprint density at radius 2 is 2.29 bits per heavy atom. The van der Waals surface area contributed by atoms with Crippen molar-refractivity contribution in [3.05, 3.63) is 22.4 Å². The smallest absolute Gasteiger partial charge is 0.315 e. The quantitative estimate of drug-likeness (QED) is 0.728. The van der Waals surface area contributed by atoms with E-state index in [1.165, 1.54) is 0 Å². The van der Waals surface area contributed by atoms with Crippen LogP contribution in [0.1, 0.15) is 30.7 Å². The van der Waals surface area contributed by atoms with Crippen molar-refractivity contribution in [3.63, 3.8) is 0 Å². The minimum absolute atomic E-state index is 0.0140. The molecule has 0 saturated carbocycles. The Kier molecular flexibility index (Phi) is 5.48. The van der Waals surface area contributed by atoms with Gasteiger partial charge in [0.15, 0.2) is 0 Å². The fourth-order valence-electron chi connectivity index (χ4n) is 1.36. The maximum absolute atomic E-state index is 11.5. The molecule has 0 aliphatic rings. The molecule has 0 saturated heterocycles. The van der Waals surface area contributed by atoms with E-state index in [4.69, 9.17) is 5.11 Å². The average Bonchev–Trinajstić information content (AvgIpc) is 2.78. The highest BCUT2D eigenvalue weighted by atomic mass is 32.1. The second-order valence-corrected chi connectivity index (χ2v) is 4.50. The molecule has 0 fully saturated rings. The van der Waals surface area contributed by atoms with Gasteiger partial charge in [0.05, 0.1) is 12.5 Å². The van der Waals surface area contributed by atoms with Crippen molar-refractivity contribution < 1.29 is 14.7 Å². The molecule has 1 atom stereocenters. The van der Waals surface area contributed by atoms with Crippen LogP contribution in [-0.4, -0.2) is 23.7 Å². The van der Waals surface area contributed by atoms with Crippen LogP contribution in [0.25, 0.3) is 0 Å². The van der Waals surface area contributed by atoms with E-state index in [0.29, 0.717) is 0 Å². The molecule has 1 unspecified atom stereocenters. The summed E-state index contributed by atoms with van der Waals surface area (Å²) < 4.78 is 0. The van der Waals surface area contributed by atoms with E-state index in [9.17, 15) is 9.59 Å². The first-order valence-electron chi connectivity index (χ1n) is 5.43. The molecule has 1 aromatic rings. The van der Waals surface area contributed by atoms with E-state index < -0.39 is 5.97 Å². The van der Waals surface area contributed by atoms with Crippen LogP contribution in [0, 0.1) is 0 Å². The Morgan fingerprint density at radius 3 is 2.82 bits per heavy atom. The number of rotatable bonds is 6. The normalized spacial score (nSPS) is 11.8. The highest BCUT2D eigenvalue weighted by Gasteiger charge is 2.13. The summed E-state index contributed by atoms with van der Waals surface area (Å²) in [7, 11) is 0. The van der Waals surface area contributed by atoms with Gasteiger partial charge >= 0.3 is 12.0 Å². The van der Waals surface area contributed by atoms with Gasteiger partial charge < -0.3 is 15.7 Å². The third kappa shape index (κ3) is 4.86. The summed E-state index contributed by atoms with van der Waals surface area (Å²) in [6, 6.07) is 3.56. The first-order chi connectivity index (χ1) is 8.13. The van der Waals surface area contributed by atoms with Gasteiger partial charge in [0.25, 0.3) is 0 Å². The van der Waals surface area contributed by atoms with Crippen molar-refractivity contribution in [2.45, 2.75) is 25.8 Å². The van der Waals surface area contributed by atoms with Crippen molar-refractivity contribution in [2.75, 3.05) is 6.54 Å². The lowest BCUT2D eigenvalue weighted by Gasteiger charge is -2.15. The lowest BCUT2D eigenvalue weighted by molar-refractivity contribution is -0.136. The summed E-state index contributed by atoms with van der Waals surface area (Å²) in [6.45, 7) is 2.13. The Labute approximate surface area is 104 Å². The zero-order valence-electron chi connectivity index (χ0n) is 9.60. The Hall–Kier alpha value is -1.56. The van der Waals surface area contributed by atoms with Gasteiger partial charge in [-0.1, -0.05) is 13.0 Å². The predicted molar refractivity (Wildman–Crippen MR) is 66.1 cm³/mol. The molecule has 1 aromatic heterocycles. The van der Waals surface area contributed by atoms with Gasteiger partial charge in [-0.05, 0) is 17.9 Å². The third-order valence-corrected chi connectivity index (χ3v) is 3.21. The van der Waals surface area contributed by atoms with Crippen LogP contribution >= 0.6 is 11.3 Å². The molecule has 0 radical (unpaired) electrons. The molecule has 0 aliphatic carbocycles. The van der Waals surface area contributed by atoms with Crippen molar-refractivity contribution >= 4 is 23.3 Å². The second kappa shape index (κ2) is 6.90. The number of carboxylic acid groups (broad SMARTS) is 1. The molecule has 0 aliphatic heterocycles. The minimum atomic E-state index is -0.921. The fraction of sp³-hybridized carbons (Fsp3) is 0.455. The van der Waals surface area contributed by atoms with Crippen LogP contribution in [0.5, 0.6) is 0 Å². The third-order valence-electron chi connectivity index (χ3n) is 2.22. The number of thiophene rings is 1. The summed E-state index contributed by atoms with van der Waals surface area (Å²) in [4.78, 5) is 22.9. The molecule has 5 nitrogen and oxygen atoms in total. The van der Waals surface area contributed by atoms with Gasteiger partial charge in [-0.15, -0.1) is 11.3 Å². The Bertz CT molecular complexity index is 365. The molecular weight excluding hydrogens is 240 g/mol.